The molecule has 0 aromatic carbocycles. The Labute approximate surface area is 71.8 Å². The lowest BCUT2D eigenvalue weighted by Gasteiger charge is -2.02. The van der Waals surface area contributed by atoms with E-state index < -0.39 is 0 Å². The first kappa shape index (κ1) is 7.58. The van der Waals surface area contributed by atoms with Gasteiger partial charge in [0.2, 0.25) is 0 Å². The van der Waals surface area contributed by atoms with Gasteiger partial charge in [-0.25, -0.2) is 4.68 Å². The van der Waals surface area contributed by atoms with Crippen LogP contribution in [-0.4, -0.2) is 15.0 Å². The van der Waals surface area contributed by atoms with Gasteiger partial charge in [-0.05, 0) is 19.3 Å². The quantitative estimate of drug-likeness (QED) is 0.732. The van der Waals surface area contributed by atoms with Crippen LogP contribution in [0.3, 0.4) is 0 Å². The standard InChI is InChI=1S/C8H14N4/c1-2-5-12-7(6-3-4-6)8(9)10-11-12/h6H,2-5,9H2,1H3. The molecule has 1 aromatic rings. The van der Waals surface area contributed by atoms with E-state index >= 15 is 0 Å². The van der Waals surface area contributed by atoms with Crippen molar-refractivity contribution >= 4 is 5.82 Å². The number of nitrogen functional groups attached to an aromatic ring is 1. The van der Waals surface area contributed by atoms with Gasteiger partial charge in [-0.1, -0.05) is 12.1 Å². The van der Waals surface area contributed by atoms with E-state index in [4.69, 9.17) is 5.73 Å². The summed E-state index contributed by atoms with van der Waals surface area (Å²) in [7, 11) is 0. The number of aryl methyl sites for hydroxylation is 1. The van der Waals surface area contributed by atoms with Crippen LogP contribution in [0, 0.1) is 0 Å². The van der Waals surface area contributed by atoms with Crippen LogP contribution >= 0.6 is 0 Å². The summed E-state index contributed by atoms with van der Waals surface area (Å²) < 4.78 is 1.95. The molecule has 1 aliphatic carbocycles. The van der Waals surface area contributed by atoms with Gasteiger partial charge >= 0.3 is 0 Å². The molecule has 0 saturated heterocycles. The van der Waals surface area contributed by atoms with E-state index in [1.54, 1.807) is 0 Å². The van der Waals surface area contributed by atoms with Crippen LogP contribution in [0.4, 0.5) is 5.82 Å². The van der Waals surface area contributed by atoms with E-state index in [9.17, 15) is 0 Å². The number of nitrogens with zero attached hydrogens (tertiary/aromatic N) is 3. The van der Waals surface area contributed by atoms with Gasteiger partial charge in [0.1, 0.15) is 0 Å². The van der Waals surface area contributed by atoms with E-state index in [0.717, 1.165) is 18.7 Å². The fourth-order valence-electron chi connectivity index (χ4n) is 1.49. The Balaban J connectivity index is 2.27. The van der Waals surface area contributed by atoms with E-state index in [1.807, 2.05) is 4.68 Å². The van der Waals surface area contributed by atoms with Crippen molar-refractivity contribution < 1.29 is 0 Å². The molecule has 1 aliphatic rings. The van der Waals surface area contributed by atoms with Crippen molar-refractivity contribution in [1.29, 1.82) is 0 Å². The van der Waals surface area contributed by atoms with Gasteiger partial charge in [0.05, 0.1) is 5.69 Å². The Bertz CT molecular complexity index is 275. The Morgan fingerprint density at radius 3 is 2.92 bits per heavy atom. The summed E-state index contributed by atoms with van der Waals surface area (Å²) in [6, 6.07) is 0. The first-order chi connectivity index (χ1) is 5.83. The van der Waals surface area contributed by atoms with Gasteiger partial charge in [0.15, 0.2) is 5.82 Å². The Morgan fingerprint density at radius 2 is 2.33 bits per heavy atom. The normalized spacial score (nSPS) is 16.8. The smallest absolute Gasteiger partial charge is 0.169 e. The summed E-state index contributed by atoms with van der Waals surface area (Å²) in [5, 5.41) is 7.90. The number of rotatable bonds is 3. The third-order valence-electron chi connectivity index (χ3n) is 2.20. The lowest BCUT2D eigenvalue weighted by molar-refractivity contribution is 0.556. The topological polar surface area (TPSA) is 56.7 Å². The molecule has 4 heteroatoms. The number of hydrogen-bond donors (Lipinski definition) is 1. The van der Waals surface area contributed by atoms with Crippen LogP contribution < -0.4 is 5.73 Å². The summed E-state index contributed by atoms with van der Waals surface area (Å²) in [5.74, 6) is 1.28. The molecule has 1 fully saturated rings. The molecule has 0 radical (unpaired) electrons. The fraction of sp³-hybridized carbons (Fsp3) is 0.750. The molecule has 2 N–H and O–H groups in total. The Hall–Kier alpha value is -1.06. The third kappa shape index (κ3) is 1.17. The monoisotopic (exact) mass is 166 g/mol. The first-order valence-electron chi connectivity index (χ1n) is 4.51. The second kappa shape index (κ2) is 2.77. The van der Waals surface area contributed by atoms with Crippen molar-refractivity contribution in [2.45, 2.75) is 38.6 Å². The molecular formula is C8H14N4. The van der Waals surface area contributed by atoms with E-state index in [1.165, 1.54) is 12.8 Å². The molecule has 1 aromatic heterocycles. The number of anilines is 1. The largest absolute Gasteiger partial charge is 0.381 e. The molecule has 0 bridgehead atoms. The molecule has 0 unspecified atom stereocenters. The minimum absolute atomic E-state index is 0.631. The molecule has 0 atom stereocenters. The zero-order chi connectivity index (χ0) is 8.55. The van der Waals surface area contributed by atoms with Gasteiger partial charge in [-0.15, -0.1) is 5.10 Å². The van der Waals surface area contributed by atoms with Gasteiger partial charge in [0, 0.05) is 12.5 Å². The summed E-state index contributed by atoms with van der Waals surface area (Å²) in [4.78, 5) is 0. The lowest BCUT2D eigenvalue weighted by atomic mass is 10.3. The maximum atomic E-state index is 5.72. The molecule has 1 saturated carbocycles. The van der Waals surface area contributed by atoms with Crippen molar-refractivity contribution in [3.63, 3.8) is 0 Å². The van der Waals surface area contributed by atoms with Gasteiger partial charge in [-0.3, -0.25) is 0 Å². The molecule has 12 heavy (non-hydrogen) atoms. The summed E-state index contributed by atoms with van der Waals surface area (Å²) in [6.45, 7) is 3.07. The maximum absolute atomic E-state index is 5.72. The molecule has 2 rings (SSSR count). The third-order valence-corrected chi connectivity index (χ3v) is 2.20. The highest BCUT2D eigenvalue weighted by molar-refractivity contribution is 5.38. The number of aromatic nitrogens is 3. The highest BCUT2D eigenvalue weighted by atomic mass is 15.4. The second-order valence-corrected chi connectivity index (χ2v) is 3.36. The van der Waals surface area contributed by atoms with Gasteiger partial charge in [0.25, 0.3) is 0 Å². The first-order valence-corrected chi connectivity index (χ1v) is 4.51. The van der Waals surface area contributed by atoms with Crippen LogP contribution in [-0.2, 0) is 6.54 Å². The van der Waals surface area contributed by atoms with Crippen LogP contribution in [0.5, 0.6) is 0 Å². The molecule has 4 nitrogen and oxygen atoms in total. The van der Waals surface area contributed by atoms with Crippen molar-refractivity contribution in [1.82, 2.24) is 15.0 Å². The molecule has 0 amide bonds. The molecule has 0 spiro atoms. The lowest BCUT2D eigenvalue weighted by Crippen LogP contribution is -2.04. The highest BCUT2D eigenvalue weighted by Gasteiger charge is 2.30. The minimum atomic E-state index is 0.631. The molecule has 0 aliphatic heterocycles. The minimum Gasteiger partial charge on any atom is -0.381 e. The van der Waals surface area contributed by atoms with Crippen molar-refractivity contribution in [3.8, 4) is 0 Å². The SMILES string of the molecule is CCCn1nnc(N)c1C1CC1. The maximum Gasteiger partial charge on any atom is 0.169 e. The Kier molecular flexibility index (Phi) is 1.75. The van der Waals surface area contributed by atoms with E-state index in [-0.39, 0.29) is 0 Å². The number of nitrogens with two attached hydrogens (primary N) is 1. The summed E-state index contributed by atoms with van der Waals surface area (Å²) in [6.07, 6.45) is 3.59. The van der Waals surface area contributed by atoms with Gasteiger partial charge in [-0.2, -0.15) is 0 Å². The predicted octanol–water partition coefficient (Wildman–Crippen LogP) is 1.15. The fourth-order valence-corrected chi connectivity index (χ4v) is 1.49. The predicted molar refractivity (Wildman–Crippen MR) is 46.7 cm³/mol. The Morgan fingerprint density at radius 1 is 1.58 bits per heavy atom. The zero-order valence-electron chi connectivity index (χ0n) is 7.32. The zero-order valence-corrected chi connectivity index (χ0v) is 7.32. The van der Waals surface area contributed by atoms with Crippen molar-refractivity contribution in [3.05, 3.63) is 5.69 Å². The summed E-state index contributed by atoms with van der Waals surface area (Å²) in [5.41, 5.74) is 6.88. The van der Waals surface area contributed by atoms with E-state index in [0.29, 0.717) is 11.7 Å². The molecule has 66 valence electrons. The van der Waals surface area contributed by atoms with Crippen LogP contribution in [0.25, 0.3) is 0 Å². The van der Waals surface area contributed by atoms with Crippen molar-refractivity contribution in [2.24, 2.45) is 0 Å². The number of hydrogen-bond acceptors (Lipinski definition) is 3. The van der Waals surface area contributed by atoms with Gasteiger partial charge < -0.3 is 5.73 Å². The average Bonchev–Trinajstić information content (AvgIpc) is 2.80. The van der Waals surface area contributed by atoms with Crippen LogP contribution in [0.15, 0.2) is 0 Å². The highest BCUT2D eigenvalue weighted by Crippen LogP contribution is 2.41. The summed E-state index contributed by atoms with van der Waals surface area (Å²) >= 11 is 0. The average molecular weight is 166 g/mol. The second-order valence-electron chi connectivity index (χ2n) is 3.36. The van der Waals surface area contributed by atoms with Crippen molar-refractivity contribution in [2.75, 3.05) is 5.73 Å². The van der Waals surface area contributed by atoms with Crippen LogP contribution in [0.2, 0.25) is 0 Å². The molecular weight excluding hydrogens is 152 g/mol. The molecule has 1 heterocycles. The van der Waals surface area contributed by atoms with E-state index in [2.05, 4.69) is 17.2 Å². The van der Waals surface area contributed by atoms with Crippen LogP contribution in [0.1, 0.15) is 37.8 Å².